The number of aromatic nitrogens is 7. The van der Waals surface area contributed by atoms with E-state index in [1.165, 1.54) is 0 Å². The molecule has 158 valence electrons. The molecule has 5 aromatic heterocycles. The molecular formula is C25H23N7. The normalized spacial score (nSPS) is 12.7. The maximum Gasteiger partial charge on any atom is 0.138 e. The third-order valence-corrected chi connectivity index (χ3v) is 5.75. The lowest BCUT2D eigenvalue weighted by molar-refractivity contribution is 0.845. The fourth-order valence-electron chi connectivity index (χ4n) is 3.80. The van der Waals surface area contributed by atoms with Crippen LogP contribution in [0.15, 0.2) is 55.0 Å². The first-order valence-corrected chi connectivity index (χ1v) is 10.3. The second kappa shape index (κ2) is 7.77. The van der Waals surface area contributed by atoms with E-state index in [2.05, 4.69) is 54.3 Å². The van der Waals surface area contributed by atoms with Crippen LogP contribution in [0.3, 0.4) is 0 Å². The van der Waals surface area contributed by atoms with Gasteiger partial charge in [0.25, 0.3) is 0 Å². The fraction of sp³-hybridized carbons (Fsp3) is 0.120. The lowest BCUT2D eigenvalue weighted by Gasteiger charge is -2.02. The van der Waals surface area contributed by atoms with Crippen molar-refractivity contribution in [1.82, 2.24) is 34.7 Å². The van der Waals surface area contributed by atoms with Crippen LogP contribution in [0.25, 0.3) is 51.9 Å². The van der Waals surface area contributed by atoms with Gasteiger partial charge in [-0.15, -0.1) is 0 Å². The Morgan fingerprint density at radius 2 is 2.00 bits per heavy atom. The molecule has 0 saturated carbocycles. The molecule has 2 N–H and O–H groups in total. The highest BCUT2D eigenvalue weighted by atomic mass is 15.1. The highest BCUT2D eigenvalue weighted by Gasteiger charge is 2.12. The van der Waals surface area contributed by atoms with E-state index in [0.717, 1.165) is 61.3 Å². The quantitative estimate of drug-likeness (QED) is 0.466. The maximum atomic E-state index is 4.52. The van der Waals surface area contributed by atoms with Gasteiger partial charge >= 0.3 is 0 Å². The Morgan fingerprint density at radius 3 is 2.75 bits per heavy atom. The van der Waals surface area contributed by atoms with Crippen molar-refractivity contribution in [2.45, 2.75) is 13.8 Å². The van der Waals surface area contributed by atoms with Gasteiger partial charge in [-0.2, -0.15) is 5.10 Å². The molecule has 0 spiro atoms. The van der Waals surface area contributed by atoms with Gasteiger partial charge in [0, 0.05) is 35.6 Å². The summed E-state index contributed by atoms with van der Waals surface area (Å²) in [5.74, 6) is 0.979. The summed E-state index contributed by atoms with van der Waals surface area (Å²) >= 11 is 0. The van der Waals surface area contributed by atoms with E-state index in [1.807, 2.05) is 56.6 Å². The first-order chi connectivity index (χ1) is 15.5. The summed E-state index contributed by atoms with van der Waals surface area (Å²) in [6.07, 6.45) is 9.51. The molecule has 7 heteroatoms. The summed E-state index contributed by atoms with van der Waals surface area (Å²) < 4.78 is 2.07. The molecule has 0 amide bonds. The van der Waals surface area contributed by atoms with Crippen molar-refractivity contribution in [3.63, 3.8) is 0 Å². The molecule has 0 fully saturated rings. The van der Waals surface area contributed by atoms with Gasteiger partial charge in [0.1, 0.15) is 17.2 Å². The topological polar surface area (TPSA) is 88.1 Å². The predicted molar refractivity (Wildman–Crippen MR) is 128 cm³/mol. The number of rotatable bonds is 4. The van der Waals surface area contributed by atoms with Gasteiger partial charge in [0.15, 0.2) is 0 Å². The van der Waals surface area contributed by atoms with Crippen LogP contribution in [0.5, 0.6) is 0 Å². The molecule has 0 atom stereocenters. The number of fused-ring (bicyclic) bond motifs is 1. The number of aryl methyl sites for hydroxylation is 1. The van der Waals surface area contributed by atoms with Crippen molar-refractivity contribution >= 4 is 29.3 Å². The third-order valence-electron chi connectivity index (χ3n) is 5.75. The number of nitrogens with one attached hydrogen (secondary N) is 2. The number of hydrogen-bond donors (Lipinski definition) is 2. The summed E-state index contributed by atoms with van der Waals surface area (Å²) in [4.78, 5) is 16.7. The number of nitrogens with zero attached hydrogens (tertiary/aromatic N) is 5. The molecule has 0 aliphatic carbocycles. The Morgan fingerprint density at radius 1 is 1.12 bits per heavy atom. The van der Waals surface area contributed by atoms with Gasteiger partial charge in [-0.05, 0) is 49.8 Å². The molecule has 0 bridgehead atoms. The molecule has 5 rings (SSSR count). The number of H-pyrrole nitrogens is 2. The van der Waals surface area contributed by atoms with Crippen LogP contribution in [-0.4, -0.2) is 34.7 Å². The number of pyridine rings is 2. The zero-order valence-corrected chi connectivity index (χ0v) is 18.2. The summed E-state index contributed by atoms with van der Waals surface area (Å²) in [6.45, 7) is 8.31. The van der Waals surface area contributed by atoms with Crippen LogP contribution in [0, 0.1) is 6.92 Å². The summed E-state index contributed by atoms with van der Waals surface area (Å²) in [5.41, 5.74) is 6.53. The number of aromatic amines is 2. The monoisotopic (exact) mass is 421 g/mol. The lowest BCUT2D eigenvalue weighted by atomic mass is 10.1. The van der Waals surface area contributed by atoms with Crippen molar-refractivity contribution in [3.05, 3.63) is 77.1 Å². The van der Waals surface area contributed by atoms with E-state index >= 15 is 0 Å². The standard InChI is InChI=1S/C25H23N7/c1-15(23-14-28-17(3)32(23)4)8-9-20-16(2)24(31-30-20)22-13-19-18(10-12-27-25(19)29-22)21-7-5-6-11-26-21/h5-14,30H,2H2,1,3-4H3,(H,27,29)/b15-8+,20-9+. The van der Waals surface area contributed by atoms with E-state index in [9.17, 15) is 0 Å². The Kier molecular flexibility index (Phi) is 4.78. The zero-order valence-electron chi connectivity index (χ0n) is 18.2. The van der Waals surface area contributed by atoms with Gasteiger partial charge in [-0.1, -0.05) is 18.7 Å². The molecule has 5 heterocycles. The highest BCUT2D eigenvalue weighted by Crippen LogP contribution is 2.28. The van der Waals surface area contributed by atoms with E-state index in [-0.39, 0.29) is 0 Å². The summed E-state index contributed by atoms with van der Waals surface area (Å²) in [5, 5.41) is 10.3. The minimum Gasteiger partial charge on any atom is -0.338 e. The Hall–Kier alpha value is -4.26. The van der Waals surface area contributed by atoms with Crippen molar-refractivity contribution in [1.29, 1.82) is 0 Å². The van der Waals surface area contributed by atoms with E-state index < -0.39 is 0 Å². The molecule has 0 aromatic carbocycles. The minimum absolute atomic E-state index is 0.767. The molecule has 7 nitrogen and oxygen atoms in total. The van der Waals surface area contributed by atoms with Crippen LogP contribution in [0.4, 0.5) is 0 Å². The van der Waals surface area contributed by atoms with Crippen LogP contribution >= 0.6 is 0 Å². The van der Waals surface area contributed by atoms with Crippen LogP contribution in [0.2, 0.25) is 0 Å². The molecule has 5 aromatic rings. The zero-order chi connectivity index (χ0) is 22.2. The van der Waals surface area contributed by atoms with Gasteiger partial charge in [0.05, 0.1) is 28.6 Å². The van der Waals surface area contributed by atoms with Gasteiger partial charge in [-0.25, -0.2) is 9.97 Å². The average Bonchev–Trinajstić information content (AvgIpc) is 3.49. The molecule has 0 unspecified atom stereocenters. The summed E-state index contributed by atoms with van der Waals surface area (Å²) in [6, 6.07) is 9.92. The minimum atomic E-state index is 0.767. The summed E-state index contributed by atoms with van der Waals surface area (Å²) in [7, 11) is 2.01. The maximum absolute atomic E-state index is 4.52. The smallest absolute Gasteiger partial charge is 0.138 e. The molecular weight excluding hydrogens is 398 g/mol. The van der Waals surface area contributed by atoms with Crippen molar-refractivity contribution in [3.8, 4) is 22.6 Å². The van der Waals surface area contributed by atoms with Crippen LogP contribution < -0.4 is 10.6 Å². The second-order valence-corrected chi connectivity index (χ2v) is 7.75. The lowest BCUT2D eigenvalue weighted by Crippen LogP contribution is -2.21. The van der Waals surface area contributed by atoms with Gasteiger partial charge in [0.2, 0.25) is 0 Å². The first-order valence-electron chi connectivity index (χ1n) is 10.3. The molecule has 32 heavy (non-hydrogen) atoms. The molecule has 0 saturated heterocycles. The molecule has 0 radical (unpaired) electrons. The van der Waals surface area contributed by atoms with Crippen LogP contribution in [-0.2, 0) is 7.05 Å². The Balaban J connectivity index is 1.55. The van der Waals surface area contributed by atoms with E-state index in [0.29, 0.717) is 0 Å². The number of allylic oxidation sites excluding steroid dienone is 2. The van der Waals surface area contributed by atoms with E-state index in [4.69, 9.17) is 0 Å². The largest absolute Gasteiger partial charge is 0.338 e. The van der Waals surface area contributed by atoms with Gasteiger partial charge < -0.3 is 9.55 Å². The second-order valence-electron chi connectivity index (χ2n) is 7.75. The predicted octanol–water partition coefficient (Wildman–Crippen LogP) is 3.35. The van der Waals surface area contributed by atoms with Crippen molar-refractivity contribution < 1.29 is 0 Å². The van der Waals surface area contributed by atoms with Gasteiger partial charge in [-0.3, -0.25) is 10.1 Å². The number of imidazole rings is 1. The average molecular weight is 422 g/mol. The fourth-order valence-corrected chi connectivity index (χ4v) is 3.80. The first kappa shape index (κ1) is 19.7. The Bertz CT molecular complexity index is 1570. The van der Waals surface area contributed by atoms with Crippen molar-refractivity contribution in [2.75, 3.05) is 0 Å². The number of hydrogen-bond acceptors (Lipinski definition) is 4. The van der Waals surface area contributed by atoms with E-state index in [1.54, 1.807) is 12.4 Å². The Labute approximate surface area is 184 Å². The third kappa shape index (κ3) is 3.33. The molecule has 0 aliphatic heterocycles. The SMILES string of the molecule is C=c1c(-c2cc3c(-c4ccccn4)ccnc3[nH]2)n[nH]/c1=C/C=C(\C)c1cnc(C)n1C. The van der Waals surface area contributed by atoms with Crippen molar-refractivity contribution in [2.24, 2.45) is 7.05 Å². The van der Waals surface area contributed by atoms with Crippen LogP contribution in [0.1, 0.15) is 18.4 Å². The highest BCUT2D eigenvalue weighted by molar-refractivity contribution is 5.95. The molecule has 0 aliphatic rings.